The summed E-state index contributed by atoms with van der Waals surface area (Å²) in [6.07, 6.45) is 14.7. The van der Waals surface area contributed by atoms with Gasteiger partial charge in [0.2, 0.25) is 11.0 Å². The van der Waals surface area contributed by atoms with E-state index in [1.165, 1.54) is 47.4 Å². The highest BCUT2D eigenvalue weighted by Gasteiger charge is 2.32. The molecule has 0 aliphatic rings. The van der Waals surface area contributed by atoms with Crippen molar-refractivity contribution in [2.75, 3.05) is 87.9 Å². The summed E-state index contributed by atoms with van der Waals surface area (Å²) in [6.45, 7) is 81.8. The number of hydrogen-bond donors (Lipinski definition) is 1. The van der Waals surface area contributed by atoms with Gasteiger partial charge in [-0.05, 0) is 243 Å². The zero-order valence-electron chi connectivity index (χ0n) is 84.5. The molecule has 0 aliphatic heterocycles. The van der Waals surface area contributed by atoms with Gasteiger partial charge in [0.05, 0.1) is 91.7 Å². The van der Waals surface area contributed by atoms with Gasteiger partial charge in [-0.1, -0.05) is 165 Å². The number of nitrogens with zero attached hydrogens (tertiary/aromatic N) is 1. The first kappa shape index (κ1) is 133. The molecule has 1 aromatic rings. The Bertz CT molecular complexity index is 3080. The molecule has 0 saturated carbocycles. The van der Waals surface area contributed by atoms with E-state index in [4.69, 9.17) is 23.7 Å². The molecular formula is C98H176N2O22S. The van der Waals surface area contributed by atoms with Crippen LogP contribution in [0.2, 0.25) is 0 Å². The summed E-state index contributed by atoms with van der Waals surface area (Å²) >= 11 is 1.13. The number of allylic oxidation sites excluding steroid dienone is 1. The van der Waals surface area contributed by atoms with Gasteiger partial charge in [0.1, 0.15) is 33.0 Å². The van der Waals surface area contributed by atoms with E-state index in [-0.39, 0.29) is 122 Å². The fourth-order valence-electron chi connectivity index (χ4n) is 7.01. The molecule has 0 saturated heterocycles. The Hall–Kier alpha value is -8.09. The SMILES string of the molecule is C=C(C)C(=O)CCCCCNC(=O)C(C)(C)CC.C=C(C)C(=O)OCc1ccc(C(C)CC)cc1.C=C(C)C(=O)SCCOC(=O)C(C)(C)CC.C=CN(C)CCOC(=O)C(C)(C)CC.C=COCCOC(=O)C(C)(C)CC.CCC(C)(C)C(=O)OC.CCC(C)(C)C(=O)OC.CCC(C)(C)C(=O)OC.CCC(C)(C)C(=O)OC.CCC(C)(C)C(=O)OC. The topological polar surface area (TPSA) is 312 Å². The number of amides is 1. The number of nitrogens with one attached hydrogen (secondary N) is 1. The lowest BCUT2D eigenvalue weighted by molar-refractivity contribution is -0.155. The van der Waals surface area contributed by atoms with Crippen molar-refractivity contribution in [1.29, 1.82) is 0 Å². The van der Waals surface area contributed by atoms with Gasteiger partial charge in [0, 0.05) is 36.8 Å². The van der Waals surface area contributed by atoms with Crippen LogP contribution >= 0.6 is 11.8 Å². The maximum absolute atomic E-state index is 11.7. The Morgan fingerprint density at radius 1 is 0.415 bits per heavy atom. The average Bonchev–Trinajstić information content (AvgIpc) is 0.874. The van der Waals surface area contributed by atoms with Crippen molar-refractivity contribution in [2.45, 2.75) is 324 Å². The van der Waals surface area contributed by atoms with E-state index >= 15 is 0 Å². The van der Waals surface area contributed by atoms with Gasteiger partial charge in [-0.25, -0.2) is 4.79 Å². The molecule has 1 unspecified atom stereocenters. The van der Waals surface area contributed by atoms with E-state index in [2.05, 4.69) is 87.9 Å². The maximum atomic E-state index is 11.7. The fraction of sp³-hybridized carbons (Fsp3) is 0.714. The standard InChI is InChI=1S/C15H27NO2.C15H20O2.C12H20O3S.C11H21NO2.C10H18O3.5C7H14O2/c1-6-15(4,5)14(18)16-11-9-7-8-10-13(17)12(2)3;1-5-12(4)14-8-6-13(7-9-14)10-17-15(16)11(2)3;1-6-12(4,5)11(14)15-7-8-16-10(13)9(2)3;1-6-11(3,4)10(13)14-9-8-12(5)7-2;1-5-10(3,4)9(11)13-8-7-12-6-2;5*1-5-7(2,3)6(8)9-4/h2,6-11H2,1,3-5H3,(H,16,18);6-9,12H,2,5,10H2,1,3-4H3;2,6-8H2,1,3-5H3;7H,2,6,8-9H2,1,3-5H3;6H,2,5,7-8H2,1,3-4H3;5*5H2,1-4H3. The number of esters is 9. The zero-order chi connectivity index (χ0) is 98.8. The Balaban J connectivity index is -0.000000170. The Kier molecular flexibility index (Phi) is 76.8. The number of benzene rings is 1. The molecule has 1 aromatic carbocycles. The van der Waals surface area contributed by atoms with E-state index < -0.39 is 10.8 Å². The number of rotatable bonds is 42. The second kappa shape index (κ2) is 71.1. The van der Waals surface area contributed by atoms with Crippen LogP contribution in [0.3, 0.4) is 0 Å². The molecule has 0 radical (unpaired) electrons. The van der Waals surface area contributed by atoms with Crippen molar-refractivity contribution in [1.82, 2.24) is 10.2 Å². The number of ketones is 1. The van der Waals surface area contributed by atoms with Gasteiger partial charge in [-0.3, -0.25) is 52.7 Å². The Labute approximate surface area is 751 Å². The van der Waals surface area contributed by atoms with Gasteiger partial charge >= 0.3 is 53.7 Å². The van der Waals surface area contributed by atoms with Crippen LogP contribution in [-0.4, -0.2) is 163 Å². The summed E-state index contributed by atoms with van der Waals surface area (Å²) in [7, 11) is 8.98. The van der Waals surface area contributed by atoms with E-state index in [0.29, 0.717) is 67.7 Å². The molecule has 0 spiro atoms. The van der Waals surface area contributed by atoms with Crippen LogP contribution in [0.25, 0.3) is 0 Å². The van der Waals surface area contributed by atoms with Crippen LogP contribution in [0.1, 0.15) is 328 Å². The molecule has 24 nitrogen and oxygen atoms in total. The largest absolute Gasteiger partial charge is 0.498 e. The zero-order valence-corrected chi connectivity index (χ0v) is 85.3. The van der Waals surface area contributed by atoms with Gasteiger partial charge in [0.15, 0.2) is 5.78 Å². The van der Waals surface area contributed by atoms with Crippen molar-refractivity contribution < 1.29 is 105 Å². The third-order valence-electron chi connectivity index (χ3n) is 21.1. The second-order valence-electron chi connectivity index (χ2n) is 35.3. The first-order chi connectivity index (χ1) is 56.3. The summed E-state index contributed by atoms with van der Waals surface area (Å²) in [6, 6.07) is 8.20. The molecule has 1 N–H and O–H groups in total. The van der Waals surface area contributed by atoms with E-state index in [1.54, 1.807) is 27.0 Å². The molecule has 0 heterocycles. The molecule has 123 heavy (non-hydrogen) atoms. The smallest absolute Gasteiger partial charge is 0.333 e. The summed E-state index contributed by atoms with van der Waals surface area (Å²) in [5.74, 6) is -0.210. The highest BCUT2D eigenvalue weighted by atomic mass is 32.2. The van der Waals surface area contributed by atoms with Crippen LogP contribution in [0.15, 0.2) is 86.3 Å². The highest BCUT2D eigenvalue weighted by molar-refractivity contribution is 8.14. The fourth-order valence-corrected chi connectivity index (χ4v) is 7.60. The van der Waals surface area contributed by atoms with E-state index in [0.717, 1.165) is 101 Å². The lowest BCUT2D eigenvalue weighted by Gasteiger charge is -2.21. The van der Waals surface area contributed by atoms with Gasteiger partial charge in [-0.15, -0.1) is 0 Å². The maximum Gasteiger partial charge on any atom is 0.333 e. The van der Waals surface area contributed by atoms with Crippen LogP contribution in [0.4, 0.5) is 0 Å². The molecule has 0 aromatic heterocycles. The summed E-state index contributed by atoms with van der Waals surface area (Å²) in [5.41, 5.74) is 0.871. The van der Waals surface area contributed by atoms with Crippen LogP contribution < -0.4 is 5.32 Å². The van der Waals surface area contributed by atoms with Crippen molar-refractivity contribution in [3.8, 4) is 0 Å². The third kappa shape index (κ3) is 67.0. The Morgan fingerprint density at radius 3 is 1.00 bits per heavy atom. The number of ether oxygens (including phenoxy) is 10. The average molecular weight is 1770 g/mol. The first-order valence-electron chi connectivity index (χ1n) is 43.1. The molecule has 0 aliphatic carbocycles. The molecule has 0 bridgehead atoms. The number of carbonyl (C=O) groups is 12. The second-order valence-corrected chi connectivity index (χ2v) is 36.4. The quantitative estimate of drug-likeness (QED) is 0.0209. The van der Waals surface area contributed by atoms with E-state index in [9.17, 15) is 57.5 Å². The molecule has 1 rings (SSSR count). The lowest BCUT2D eigenvalue weighted by atomic mass is 9.89. The van der Waals surface area contributed by atoms with Crippen molar-refractivity contribution in [3.63, 3.8) is 0 Å². The van der Waals surface area contributed by atoms with Gasteiger partial charge in [-0.2, -0.15) is 0 Å². The van der Waals surface area contributed by atoms with E-state index in [1.807, 2.05) is 211 Å². The first-order valence-corrected chi connectivity index (χ1v) is 44.0. The van der Waals surface area contributed by atoms with Gasteiger partial charge in [0.25, 0.3) is 0 Å². The third-order valence-corrected chi connectivity index (χ3v) is 22.1. The number of methoxy groups -OCH3 is 5. The van der Waals surface area contributed by atoms with Crippen molar-refractivity contribution in [2.24, 2.45) is 48.7 Å². The van der Waals surface area contributed by atoms with Gasteiger partial charge < -0.3 is 57.6 Å². The molecule has 716 valence electrons. The number of hydrogen-bond acceptors (Lipinski definition) is 24. The summed E-state index contributed by atoms with van der Waals surface area (Å²) in [4.78, 5) is 136. The lowest BCUT2D eigenvalue weighted by Crippen LogP contribution is -2.36. The molecule has 25 heteroatoms. The minimum atomic E-state index is -0.441. The predicted octanol–water partition coefficient (Wildman–Crippen LogP) is 22.0. The monoisotopic (exact) mass is 1770 g/mol. The Morgan fingerprint density at radius 2 is 0.732 bits per heavy atom. The molecule has 1 atom stereocenters. The number of Topliss-reactive ketones (excluding diaryl/α,β-unsaturated/α-hetero) is 1. The normalized spacial score (nSPS) is 11.1. The minimum Gasteiger partial charge on any atom is -0.498 e. The van der Waals surface area contributed by atoms with Crippen LogP contribution in [0.5, 0.6) is 0 Å². The summed E-state index contributed by atoms with van der Waals surface area (Å²) in [5, 5.41) is 2.89. The number of likely N-dealkylation sites (N-methyl/N-ethyl adjacent to an activating group) is 1. The van der Waals surface area contributed by atoms with Crippen LogP contribution in [0, 0.1) is 48.7 Å². The van der Waals surface area contributed by atoms with Crippen molar-refractivity contribution >= 4 is 82.3 Å². The number of thioether (sulfide) groups is 1. The predicted molar refractivity (Wildman–Crippen MR) is 502 cm³/mol. The minimum absolute atomic E-state index is 0.0502. The molecular weight excluding hydrogens is 1590 g/mol. The van der Waals surface area contributed by atoms with Crippen molar-refractivity contribution in [3.05, 3.63) is 97.5 Å². The molecule has 1 amide bonds. The summed E-state index contributed by atoms with van der Waals surface area (Å²) < 4.78 is 47.9. The number of unbranched alkanes of at least 4 members (excludes halogenated alkanes) is 2. The number of carbonyl (C=O) groups excluding carboxylic acids is 12. The highest BCUT2D eigenvalue weighted by Crippen LogP contribution is 2.28. The van der Waals surface area contributed by atoms with Crippen LogP contribution in [-0.2, 0) is 112 Å². The molecule has 0 fully saturated rings.